The molecule has 0 aliphatic carbocycles. The maximum absolute atomic E-state index is 13.0. The summed E-state index contributed by atoms with van der Waals surface area (Å²) in [6.45, 7) is 0.890. The smallest absolute Gasteiger partial charge is 0.351 e. The van der Waals surface area contributed by atoms with Crippen molar-refractivity contribution in [3.8, 4) is 0 Å². The Balaban J connectivity index is 1.59. The molecule has 0 amide bonds. The summed E-state index contributed by atoms with van der Waals surface area (Å²) in [5, 5.41) is 6.37. The second-order valence-electron chi connectivity index (χ2n) is 6.52. The molecule has 0 fully saturated rings. The van der Waals surface area contributed by atoms with Gasteiger partial charge in [-0.05, 0) is 11.6 Å². The first-order valence-corrected chi connectivity index (χ1v) is 9.44. The molecule has 5 heterocycles. The van der Waals surface area contributed by atoms with Gasteiger partial charge in [0.1, 0.15) is 5.82 Å². The number of H-pyrrole nitrogens is 1. The Bertz CT molecular complexity index is 1120. The third kappa shape index (κ3) is 2.59. The van der Waals surface area contributed by atoms with Crippen LogP contribution in [0.25, 0.3) is 5.78 Å². The first-order valence-electron chi connectivity index (χ1n) is 8.28. The number of hydrogen-bond acceptors (Lipinski definition) is 6. The number of anilines is 1. The van der Waals surface area contributed by atoms with Crippen molar-refractivity contribution in [2.24, 2.45) is 0 Å². The van der Waals surface area contributed by atoms with Gasteiger partial charge in [-0.15, -0.1) is 5.10 Å². The van der Waals surface area contributed by atoms with Crippen LogP contribution in [0.5, 0.6) is 0 Å². The van der Waals surface area contributed by atoms with Crippen LogP contribution in [0.15, 0.2) is 17.1 Å². The molecule has 0 radical (unpaired) electrons. The van der Waals surface area contributed by atoms with Gasteiger partial charge < -0.3 is 4.90 Å². The SMILES string of the molecule is O=c1[nH]nc2nc(N3CCc4ncc(C(F)(F)F)cc4C3)c3c(n12)CSC3. The zero-order chi connectivity index (χ0) is 18.8. The molecule has 5 rings (SSSR count). The summed E-state index contributed by atoms with van der Waals surface area (Å²) in [5.41, 5.74) is 1.96. The van der Waals surface area contributed by atoms with E-state index in [1.165, 1.54) is 10.5 Å². The lowest BCUT2D eigenvalue weighted by atomic mass is 10.0. The van der Waals surface area contributed by atoms with E-state index in [4.69, 9.17) is 0 Å². The maximum atomic E-state index is 13.0. The van der Waals surface area contributed by atoms with E-state index in [1.54, 1.807) is 11.8 Å². The quantitative estimate of drug-likeness (QED) is 0.681. The summed E-state index contributed by atoms with van der Waals surface area (Å²) < 4.78 is 40.5. The van der Waals surface area contributed by atoms with E-state index in [0.717, 1.165) is 17.5 Å². The number of aromatic amines is 1. The monoisotopic (exact) mass is 394 g/mol. The average molecular weight is 394 g/mol. The molecule has 3 aromatic heterocycles. The second-order valence-corrected chi connectivity index (χ2v) is 7.50. The van der Waals surface area contributed by atoms with E-state index in [1.807, 2.05) is 4.90 Å². The van der Waals surface area contributed by atoms with Gasteiger partial charge in [-0.1, -0.05) is 0 Å². The average Bonchev–Trinajstić information content (AvgIpc) is 3.26. The summed E-state index contributed by atoms with van der Waals surface area (Å²) in [7, 11) is 0. The molecule has 0 bridgehead atoms. The fourth-order valence-corrected chi connectivity index (χ4v) is 4.70. The van der Waals surface area contributed by atoms with Gasteiger partial charge in [-0.2, -0.15) is 29.9 Å². The first kappa shape index (κ1) is 16.6. The molecule has 27 heavy (non-hydrogen) atoms. The molecule has 0 spiro atoms. The van der Waals surface area contributed by atoms with Crippen LogP contribution in [0.2, 0.25) is 0 Å². The highest BCUT2D eigenvalue weighted by molar-refractivity contribution is 7.98. The molecule has 11 heteroatoms. The van der Waals surface area contributed by atoms with Crippen LogP contribution in [0, 0.1) is 0 Å². The third-order valence-corrected chi connectivity index (χ3v) is 5.87. The van der Waals surface area contributed by atoms with Gasteiger partial charge in [0, 0.05) is 54.2 Å². The highest BCUT2D eigenvalue weighted by atomic mass is 32.2. The summed E-state index contributed by atoms with van der Waals surface area (Å²) >= 11 is 1.67. The third-order valence-electron chi connectivity index (χ3n) is 4.90. The van der Waals surface area contributed by atoms with Crippen LogP contribution in [0.4, 0.5) is 19.0 Å². The number of alkyl halides is 3. The van der Waals surface area contributed by atoms with Crippen LogP contribution in [0.1, 0.15) is 28.1 Å². The fraction of sp³-hybridized carbons (Fsp3) is 0.375. The molecule has 2 aliphatic heterocycles. The van der Waals surface area contributed by atoms with E-state index in [9.17, 15) is 18.0 Å². The maximum Gasteiger partial charge on any atom is 0.417 e. The number of aromatic nitrogens is 5. The van der Waals surface area contributed by atoms with Gasteiger partial charge in [-0.25, -0.2) is 14.3 Å². The lowest BCUT2D eigenvalue weighted by Crippen LogP contribution is -2.33. The van der Waals surface area contributed by atoms with E-state index < -0.39 is 11.7 Å². The Kier molecular flexibility index (Phi) is 3.51. The summed E-state index contributed by atoms with van der Waals surface area (Å²) in [4.78, 5) is 22.5. The van der Waals surface area contributed by atoms with Crippen molar-refractivity contribution in [1.29, 1.82) is 0 Å². The molecule has 0 saturated heterocycles. The van der Waals surface area contributed by atoms with Gasteiger partial charge in [0.15, 0.2) is 0 Å². The molecule has 7 nitrogen and oxygen atoms in total. The Morgan fingerprint density at radius 2 is 2.11 bits per heavy atom. The van der Waals surface area contributed by atoms with Gasteiger partial charge >= 0.3 is 11.9 Å². The summed E-state index contributed by atoms with van der Waals surface area (Å²) in [6.07, 6.45) is -2.99. The molecule has 0 aromatic carbocycles. The Labute approximate surface area is 154 Å². The van der Waals surface area contributed by atoms with Crippen molar-refractivity contribution >= 4 is 23.4 Å². The lowest BCUT2D eigenvalue weighted by Gasteiger charge is -2.31. The van der Waals surface area contributed by atoms with Crippen LogP contribution >= 0.6 is 11.8 Å². The number of nitrogens with one attached hydrogen (secondary N) is 1. The van der Waals surface area contributed by atoms with Gasteiger partial charge in [-0.3, -0.25) is 4.98 Å². The molecule has 2 aliphatic rings. The van der Waals surface area contributed by atoms with Crippen molar-refractivity contribution in [3.63, 3.8) is 0 Å². The first-order chi connectivity index (χ1) is 12.9. The van der Waals surface area contributed by atoms with Crippen LogP contribution < -0.4 is 10.6 Å². The zero-order valence-corrected chi connectivity index (χ0v) is 14.7. The molecular formula is C16H13F3N6OS. The highest BCUT2D eigenvalue weighted by Gasteiger charge is 2.33. The van der Waals surface area contributed by atoms with Crippen molar-refractivity contribution in [2.45, 2.75) is 30.6 Å². The van der Waals surface area contributed by atoms with Gasteiger partial charge in [0.25, 0.3) is 5.78 Å². The summed E-state index contributed by atoms with van der Waals surface area (Å²) in [5.74, 6) is 2.34. The topological polar surface area (TPSA) is 79.2 Å². The molecule has 1 N–H and O–H groups in total. The molecule has 0 saturated carbocycles. The normalized spacial score (nSPS) is 16.6. The molecule has 0 atom stereocenters. The standard InChI is InChI=1S/C16H13F3N6OS/c17-16(18,19)9-3-8-5-24(2-1-11(8)20-4-9)13-10-6-27-7-12(10)25-14(21-13)22-23-15(25)26/h3-4H,1-2,5-7H2,(H,23,26). The molecule has 140 valence electrons. The second kappa shape index (κ2) is 5.72. The zero-order valence-electron chi connectivity index (χ0n) is 13.9. The molecule has 0 unspecified atom stereocenters. The Morgan fingerprint density at radius 1 is 1.26 bits per heavy atom. The number of hydrogen-bond donors (Lipinski definition) is 1. The number of thioether (sulfide) groups is 1. The van der Waals surface area contributed by atoms with E-state index in [-0.39, 0.29) is 11.5 Å². The van der Waals surface area contributed by atoms with Gasteiger partial charge in [0.2, 0.25) is 0 Å². The number of nitrogens with zero attached hydrogens (tertiary/aromatic N) is 5. The van der Waals surface area contributed by atoms with Crippen molar-refractivity contribution in [3.05, 3.63) is 50.8 Å². The largest absolute Gasteiger partial charge is 0.417 e. The Morgan fingerprint density at radius 3 is 2.93 bits per heavy atom. The van der Waals surface area contributed by atoms with Crippen molar-refractivity contribution < 1.29 is 13.2 Å². The number of halogens is 3. The number of pyridine rings is 1. The van der Waals surface area contributed by atoms with E-state index in [0.29, 0.717) is 48.1 Å². The predicted octanol–water partition coefficient (Wildman–Crippen LogP) is 2.14. The Hall–Kier alpha value is -2.56. The van der Waals surface area contributed by atoms with Crippen LogP contribution in [0.3, 0.4) is 0 Å². The highest BCUT2D eigenvalue weighted by Crippen LogP contribution is 2.37. The van der Waals surface area contributed by atoms with Crippen LogP contribution in [-0.4, -0.2) is 31.1 Å². The summed E-state index contributed by atoms with van der Waals surface area (Å²) in [6, 6.07) is 1.17. The van der Waals surface area contributed by atoms with Crippen LogP contribution in [-0.2, 0) is 30.6 Å². The lowest BCUT2D eigenvalue weighted by molar-refractivity contribution is -0.137. The minimum atomic E-state index is -4.42. The fourth-order valence-electron chi connectivity index (χ4n) is 3.61. The van der Waals surface area contributed by atoms with E-state index >= 15 is 0 Å². The number of rotatable bonds is 1. The number of fused-ring (bicyclic) bond motifs is 4. The minimum absolute atomic E-state index is 0.282. The minimum Gasteiger partial charge on any atom is -0.351 e. The van der Waals surface area contributed by atoms with Gasteiger partial charge in [0.05, 0.1) is 5.56 Å². The van der Waals surface area contributed by atoms with Crippen molar-refractivity contribution in [1.82, 2.24) is 24.6 Å². The molecular weight excluding hydrogens is 381 g/mol. The molecule has 3 aromatic rings. The van der Waals surface area contributed by atoms with Crippen molar-refractivity contribution in [2.75, 3.05) is 11.4 Å². The predicted molar refractivity (Wildman–Crippen MR) is 92.6 cm³/mol. The van der Waals surface area contributed by atoms with E-state index in [2.05, 4.69) is 20.2 Å².